The van der Waals surface area contributed by atoms with Gasteiger partial charge >= 0.3 is 0 Å². The van der Waals surface area contributed by atoms with E-state index in [1.807, 2.05) is 18.7 Å². The van der Waals surface area contributed by atoms with Crippen LogP contribution in [0.25, 0.3) is 0 Å². The van der Waals surface area contributed by atoms with Crippen molar-refractivity contribution in [1.82, 2.24) is 15.1 Å². The summed E-state index contributed by atoms with van der Waals surface area (Å²) in [7, 11) is 0. The molecule has 0 saturated carbocycles. The lowest BCUT2D eigenvalue weighted by atomic mass is 10.0. The molecule has 0 unspecified atom stereocenters. The molecule has 4 nitrogen and oxygen atoms in total. The van der Waals surface area contributed by atoms with Crippen LogP contribution in [0.5, 0.6) is 0 Å². The van der Waals surface area contributed by atoms with Crippen molar-refractivity contribution in [2.45, 2.75) is 46.6 Å². The molecule has 2 heterocycles. The van der Waals surface area contributed by atoms with E-state index < -0.39 is 0 Å². The van der Waals surface area contributed by atoms with E-state index in [0.29, 0.717) is 0 Å². The Balaban J connectivity index is 2.16. The average molecular weight is 235 g/mol. The lowest BCUT2D eigenvalue weighted by Crippen LogP contribution is -2.38. The maximum Gasteiger partial charge on any atom is 0.225 e. The summed E-state index contributed by atoms with van der Waals surface area (Å²) in [5.74, 6) is 0.331. The summed E-state index contributed by atoms with van der Waals surface area (Å²) < 4.78 is 0. The Morgan fingerprint density at radius 3 is 2.94 bits per heavy atom. The number of amides is 1. The molecule has 0 spiro atoms. The Hall–Kier alpha value is -1.32. The number of hydrogen-bond acceptors (Lipinski definition) is 2. The summed E-state index contributed by atoms with van der Waals surface area (Å²) in [6.07, 6.45) is 3.00. The minimum absolute atomic E-state index is 0.0816. The van der Waals surface area contributed by atoms with Gasteiger partial charge in [0.1, 0.15) is 0 Å². The summed E-state index contributed by atoms with van der Waals surface area (Å²) in [6.45, 7) is 7.62. The summed E-state index contributed by atoms with van der Waals surface area (Å²) >= 11 is 0. The van der Waals surface area contributed by atoms with Crippen LogP contribution in [0, 0.1) is 5.92 Å². The van der Waals surface area contributed by atoms with Crippen molar-refractivity contribution in [3.05, 3.63) is 17.0 Å². The molecular weight excluding hydrogens is 214 g/mol. The third kappa shape index (κ3) is 2.35. The van der Waals surface area contributed by atoms with Crippen LogP contribution in [-0.2, 0) is 24.2 Å². The number of carbonyl (C=O) groups excluding carboxylic acids is 1. The van der Waals surface area contributed by atoms with Crippen molar-refractivity contribution >= 4 is 5.91 Å². The minimum Gasteiger partial charge on any atom is -0.338 e. The highest BCUT2D eigenvalue weighted by Crippen LogP contribution is 2.22. The van der Waals surface area contributed by atoms with Gasteiger partial charge in [0.15, 0.2) is 0 Å². The first-order valence-corrected chi connectivity index (χ1v) is 6.47. The molecule has 1 aliphatic rings. The van der Waals surface area contributed by atoms with Gasteiger partial charge in [-0.15, -0.1) is 0 Å². The lowest BCUT2D eigenvalue weighted by Gasteiger charge is -2.28. The highest BCUT2D eigenvalue weighted by atomic mass is 16.2. The number of aryl methyl sites for hydroxylation is 1. The van der Waals surface area contributed by atoms with Crippen LogP contribution in [0.2, 0.25) is 0 Å². The highest BCUT2D eigenvalue weighted by molar-refractivity contribution is 5.78. The fourth-order valence-corrected chi connectivity index (χ4v) is 2.35. The van der Waals surface area contributed by atoms with Gasteiger partial charge in [-0.05, 0) is 6.42 Å². The Morgan fingerprint density at radius 2 is 2.29 bits per heavy atom. The number of carbonyl (C=O) groups is 1. The first-order valence-electron chi connectivity index (χ1n) is 6.47. The minimum atomic E-state index is 0.0816. The standard InChI is InChI=1S/C13H21N3O/c1-4-5-11-10-8-16(13(17)9(2)3)7-6-12(10)15-14-11/h9H,4-8H2,1-3H3,(H,14,15). The molecule has 2 rings (SSSR count). The number of fused-ring (bicyclic) bond motifs is 1. The average Bonchev–Trinajstić information content (AvgIpc) is 2.71. The normalized spacial score (nSPS) is 15.2. The third-order valence-electron chi connectivity index (χ3n) is 3.31. The zero-order valence-corrected chi connectivity index (χ0v) is 10.9. The van der Waals surface area contributed by atoms with Gasteiger partial charge in [-0.25, -0.2) is 0 Å². The monoisotopic (exact) mass is 235 g/mol. The van der Waals surface area contributed by atoms with Gasteiger partial charge in [0, 0.05) is 36.7 Å². The zero-order chi connectivity index (χ0) is 12.4. The Labute approximate surface area is 102 Å². The smallest absolute Gasteiger partial charge is 0.225 e. The number of aromatic amines is 1. The van der Waals surface area contributed by atoms with E-state index in [2.05, 4.69) is 17.1 Å². The lowest BCUT2D eigenvalue weighted by molar-refractivity contribution is -0.135. The molecule has 1 N–H and O–H groups in total. The van der Waals surface area contributed by atoms with Gasteiger partial charge in [0.25, 0.3) is 0 Å². The van der Waals surface area contributed by atoms with Crippen LogP contribution in [-0.4, -0.2) is 27.5 Å². The van der Waals surface area contributed by atoms with Gasteiger partial charge in [-0.3, -0.25) is 9.89 Å². The molecule has 0 aliphatic carbocycles. The van der Waals surface area contributed by atoms with Gasteiger partial charge < -0.3 is 4.90 Å². The fraction of sp³-hybridized carbons (Fsp3) is 0.692. The SMILES string of the molecule is CCCc1n[nH]c2c1CN(C(=O)C(C)C)CC2. The van der Waals surface area contributed by atoms with E-state index in [-0.39, 0.29) is 11.8 Å². The molecule has 0 radical (unpaired) electrons. The van der Waals surface area contributed by atoms with Crippen LogP contribution in [0.4, 0.5) is 0 Å². The number of aromatic nitrogens is 2. The molecule has 94 valence electrons. The second kappa shape index (κ2) is 4.90. The molecule has 0 saturated heterocycles. The fourth-order valence-electron chi connectivity index (χ4n) is 2.35. The quantitative estimate of drug-likeness (QED) is 0.870. The van der Waals surface area contributed by atoms with Gasteiger partial charge in [-0.1, -0.05) is 27.2 Å². The van der Waals surface area contributed by atoms with Crippen LogP contribution in [0.3, 0.4) is 0 Å². The van der Waals surface area contributed by atoms with Crippen molar-refractivity contribution in [3.63, 3.8) is 0 Å². The predicted molar refractivity (Wildman–Crippen MR) is 66.5 cm³/mol. The van der Waals surface area contributed by atoms with E-state index in [4.69, 9.17) is 0 Å². The molecule has 0 fully saturated rings. The van der Waals surface area contributed by atoms with Crippen molar-refractivity contribution in [2.24, 2.45) is 5.92 Å². The largest absolute Gasteiger partial charge is 0.338 e. The zero-order valence-electron chi connectivity index (χ0n) is 10.9. The molecule has 1 aromatic rings. The summed E-state index contributed by atoms with van der Waals surface area (Å²) in [5.41, 5.74) is 3.62. The summed E-state index contributed by atoms with van der Waals surface area (Å²) in [6, 6.07) is 0. The number of rotatable bonds is 3. The number of nitrogens with one attached hydrogen (secondary N) is 1. The molecule has 1 amide bonds. The molecule has 1 aliphatic heterocycles. The second-order valence-corrected chi connectivity index (χ2v) is 5.04. The number of hydrogen-bond donors (Lipinski definition) is 1. The van der Waals surface area contributed by atoms with E-state index in [0.717, 1.165) is 38.0 Å². The topological polar surface area (TPSA) is 49.0 Å². The molecule has 0 aromatic carbocycles. The van der Waals surface area contributed by atoms with E-state index in [9.17, 15) is 4.79 Å². The van der Waals surface area contributed by atoms with Crippen molar-refractivity contribution in [3.8, 4) is 0 Å². The van der Waals surface area contributed by atoms with E-state index in [1.165, 1.54) is 11.3 Å². The maximum absolute atomic E-state index is 12.0. The van der Waals surface area contributed by atoms with E-state index >= 15 is 0 Å². The third-order valence-corrected chi connectivity index (χ3v) is 3.31. The van der Waals surface area contributed by atoms with Crippen LogP contribution >= 0.6 is 0 Å². The molecule has 4 heteroatoms. The molecule has 0 bridgehead atoms. The first-order chi connectivity index (χ1) is 8.13. The molecular formula is C13H21N3O. The Bertz CT molecular complexity index is 409. The molecule has 1 aromatic heterocycles. The van der Waals surface area contributed by atoms with Gasteiger partial charge in [-0.2, -0.15) is 5.10 Å². The van der Waals surface area contributed by atoms with Crippen molar-refractivity contribution < 1.29 is 4.79 Å². The number of H-pyrrole nitrogens is 1. The Morgan fingerprint density at radius 1 is 1.53 bits per heavy atom. The number of nitrogens with zero attached hydrogens (tertiary/aromatic N) is 2. The Kier molecular flexibility index (Phi) is 3.50. The predicted octanol–water partition coefficient (Wildman–Crippen LogP) is 1.90. The van der Waals surface area contributed by atoms with Crippen LogP contribution < -0.4 is 0 Å². The highest BCUT2D eigenvalue weighted by Gasteiger charge is 2.25. The molecule has 17 heavy (non-hydrogen) atoms. The second-order valence-electron chi connectivity index (χ2n) is 5.04. The van der Waals surface area contributed by atoms with E-state index in [1.54, 1.807) is 0 Å². The van der Waals surface area contributed by atoms with Crippen molar-refractivity contribution in [2.75, 3.05) is 6.54 Å². The van der Waals surface area contributed by atoms with Gasteiger partial charge in [0.05, 0.1) is 5.69 Å². The maximum atomic E-state index is 12.0. The summed E-state index contributed by atoms with van der Waals surface area (Å²) in [5, 5.41) is 7.47. The van der Waals surface area contributed by atoms with Crippen molar-refractivity contribution in [1.29, 1.82) is 0 Å². The first kappa shape index (κ1) is 12.1. The van der Waals surface area contributed by atoms with Gasteiger partial charge in [0.2, 0.25) is 5.91 Å². The summed E-state index contributed by atoms with van der Waals surface area (Å²) in [4.78, 5) is 14.0. The van der Waals surface area contributed by atoms with Crippen LogP contribution in [0.1, 0.15) is 44.1 Å². The van der Waals surface area contributed by atoms with Crippen LogP contribution in [0.15, 0.2) is 0 Å². The molecule has 0 atom stereocenters.